The molecule has 0 aliphatic rings. The molecule has 0 aromatic heterocycles. The van der Waals surface area contributed by atoms with Gasteiger partial charge in [-0.1, -0.05) is 0 Å². The Labute approximate surface area is 208 Å². The maximum Gasteiger partial charge on any atom is 0.140 e. The van der Waals surface area contributed by atoms with E-state index in [-0.39, 0.29) is 11.2 Å². The first-order chi connectivity index (χ1) is 15.2. The van der Waals surface area contributed by atoms with Gasteiger partial charge in [0.15, 0.2) is 0 Å². The zero-order chi connectivity index (χ0) is 26.1. The van der Waals surface area contributed by atoms with Gasteiger partial charge in [-0.2, -0.15) is 0 Å². The van der Waals surface area contributed by atoms with Gasteiger partial charge in [0, 0.05) is 12.1 Å². The van der Waals surface area contributed by atoms with Crippen LogP contribution in [0, 0.1) is 0 Å². The number of ether oxygens (including phenoxy) is 4. The quantitative estimate of drug-likeness (QED) is 0.418. The van der Waals surface area contributed by atoms with E-state index < -0.39 is 22.0 Å². The van der Waals surface area contributed by atoms with Crippen LogP contribution in [0.4, 0.5) is 0 Å². The highest BCUT2D eigenvalue weighted by molar-refractivity contribution is 7.85. The van der Waals surface area contributed by atoms with Crippen LogP contribution >= 0.6 is 0 Å². The minimum Gasteiger partial charge on any atom is -0.488 e. The molecular weight excluding hydrogens is 448 g/mol. The topological polar surface area (TPSA) is 54.0 Å². The minimum absolute atomic E-state index is 0.365. The molecular formula is C28H42O5S. The lowest BCUT2D eigenvalue weighted by molar-refractivity contribution is 0.118. The molecule has 0 bridgehead atoms. The minimum atomic E-state index is -1.56. The van der Waals surface area contributed by atoms with E-state index in [2.05, 4.69) is 0 Å². The van der Waals surface area contributed by atoms with Crippen molar-refractivity contribution in [3.05, 3.63) is 36.4 Å². The normalized spacial score (nSPS) is 13.1. The summed E-state index contributed by atoms with van der Waals surface area (Å²) in [6, 6.07) is 10.9. The second-order valence-corrected chi connectivity index (χ2v) is 13.8. The summed E-state index contributed by atoms with van der Waals surface area (Å²) >= 11 is 0. The summed E-state index contributed by atoms with van der Waals surface area (Å²) < 4.78 is 38.4. The van der Waals surface area contributed by atoms with Crippen molar-refractivity contribution in [2.45, 2.75) is 115 Å². The van der Waals surface area contributed by atoms with Crippen molar-refractivity contribution in [2.75, 3.05) is 0 Å². The molecule has 0 saturated carbocycles. The van der Waals surface area contributed by atoms with Crippen LogP contribution in [-0.4, -0.2) is 26.6 Å². The Morgan fingerprint density at radius 2 is 0.794 bits per heavy atom. The van der Waals surface area contributed by atoms with Crippen molar-refractivity contribution in [3.63, 3.8) is 0 Å². The van der Waals surface area contributed by atoms with Gasteiger partial charge in [0.2, 0.25) is 0 Å². The van der Waals surface area contributed by atoms with Crippen molar-refractivity contribution in [1.82, 2.24) is 0 Å². The summed E-state index contributed by atoms with van der Waals surface area (Å²) in [5.41, 5.74) is -1.69. The second-order valence-electron chi connectivity index (χ2n) is 12.3. The molecule has 5 nitrogen and oxygen atoms in total. The van der Waals surface area contributed by atoms with Gasteiger partial charge in [-0.25, -0.2) is 4.21 Å². The standard InChI is InChI=1S/C28H42O5S/c1-25(2,3)30-19-13-15-23(21(17-19)32-27(7,8)9)34(29)24-16-14-20(31-26(4,5)6)18-22(24)33-28(10,11)12/h13-18H,1-12H3. The summed E-state index contributed by atoms with van der Waals surface area (Å²) in [7, 11) is -1.56. The van der Waals surface area contributed by atoms with E-state index in [1.54, 1.807) is 12.1 Å². The zero-order valence-electron chi connectivity index (χ0n) is 22.9. The van der Waals surface area contributed by atoms with Gasteiger partial charge in [0.05, 0.1) is 20.6 Å². The van der Waals surface area contributed by atoms with E-state index in [1.807, 2.05) is 107 Å². The van der Waals surface area contributed by atoms with E-state index in [1.165, 1.54) is 0 Å². The van der Waals surface area contributed by atoms with Crippen LogP contribution < -0.4 is 18.9 Å². The Hall–Kier alpha value is -2.21. The van der Waals surface area contributed by atoms with Gasteiger partial charge in [0.25, 0.3) is 0 Å². The Morgan fingerprint density at radius 3 is 1.06 bits per heavy atom. The molecule has 0 atom stereocenters. The third kappa shape index (κ3) is 9.21. The highest BCUT2D eigenvalue weighted by atomic mass is 32.2. The van der Waals surface area contributed by atoms with Crippen molar-refractivity contribution in [2.24, 2.45) is 0 Å². The van der Waals surface area contributed by atoms with Gasteiger partial charge < -0.3 is 18.9 Å². The smallest absolute Gasteiger partial charge is 0.140 e. The molecule has 2 aromatic rings. The third-order valence-electron chi connectivity index (χ3n) is 3.91. The van der Waals surface area contributed by atoms with Crippen LogP contribution in [0.2, 0.25) is 0 Å². The molecule has 0 N–H and O–H groups in total. The Balaban J connectivity index is 2.59. The fourth-order valence-electron chi connectivity index (χ4n) is 3.05. The molecule has 0 radical (unpaired) electrons. The van der Waals surface area contributed by atoms with E-state index >= 15 is 0 Å². The second kappa shape index (κ2) is 9.80. The third-order valence-corrected chi connectivity index (χ3v) is 5.38. The maximum absolute atomic E-state index is 13.9. The van der Waals surface area contributed by atoms with Crippen molar-refractivity contribution < 1.29 is 23.2 Å². The first kappa shape index (κ1) is 28.0. The number of hydrogen-bond donors (Lipinski definition) is 0. The van der Waals surface area contributed by atoms with Crippen LogP contribution in [0.1, 0.15) is 83.1 Å². The predicted octanol–water partition coefficient (Wildman–Crippen LogP) is 7.56. The molecule has 2 rings (SSSR count). The summed E-state index contributed by atoms with van der Waals surface area (Å²) in [6.07, 6.45) is 0. The lowest BCUT2D eigenvalue weighted by atomic mass is 10.2. The van der Waals surface area contributed by atoms with Crippen LogP contribution in [0.5, 0.6) is 23.0 Å². The monoisotopic (exact) mass is 490 g/mol. The van der Waals surface area contributed by atoms with Gasteiger partial charge >= 0.3 is 0 Å². The number of benzene rings is 2. The molecule has 6 heteroatoms. The molecule has 0 unspecified atom stereocenters. The number of hydrogen-bond acceptors (Lipinski definition) is 5. The Kier molecular flexibility index (Phi) is 8.08. The predicted molar refractivity (Wildman–Crippen MR) is 139 cm³/mol. The van der Waals surface area contributed by atoms with Crippen LogP contribution in [0.25, 0.3) is 0 Å². The average molecular weight is 491 g/mol. The highest BCUT2D eigenvalue weighted by Gasteiger charge is 2.25. The van der Waals surface area contributed by atoms with E-state index in [0.29, 0.717) is 32.8 Å². The molecule has 0 amide bonds. The molecule has 190 valence electrons. The number of rotatable bonds is 6. The fourth-order valence-corrected chi connectivity index (χ4v) is 4.24. The van der Waals surface area contributed by atoms with E-state index in [9.17, 15) is 4.21 Å². The molecule has 34 heavy (non-hydrogen) atoms. The lowest BCUT2D eigenvalue weighted by Gasteiger charge is -2.27. The van der Waals surface area contributed by atoms with Gasteiger partial charge in [-0.3, -0.25) is 0 Å². The molecule has 0 aliphatic carbocycles. The van der Waals surface area contributed by atoms with Gasteiger partial charge in [-0.15, -0.1) is 0 Å². The SMILES string of the molecule is CC(C)(C)Oc1ccc(S(=O)c2ccc(OC(C)(C)C)cc2OC(C)(C)C)c(OC(C)(C)C)c1. The van der Waals surface area contributed by atoms with Crippen molar-refractivity contribution in [3.8, 4) is 23.0 Å². The molecule has 0 aliphatic heterocycles. The first-order valence-electron chi connectivity index (χ1n) is 11.7. The average Bonchev–Trinajstić information content (AvgIpc) is 2.56. The summed E-state index contributed by atoms with van der Waals surface area (Å²) in [4.78, 5) is 1.11. The van der Waals surface area contributed by atoms with Crippen LogP contribution in [-0.2, 0) is 10.8 Å². The van der Waals surface area contributed by atoms with Crippen molar-refractivity contribution >= 4 is 10.8 Å². The Bertz CT molecular complexity index is 934. The summed E-state index contributed by atoms with van der Waals surface area (Å²) in [5.74, 6) is 2.36. The zero-order valence-corrected chi connectivity index (χ0v) is 23.7. The van der Waals surface area contributed by atoms with E-state index in [0.717, 1.165) is 0 Å². The molecule has 0 fully saturated rings. The van der Waals surface area contributed by atoms with Gasteiger partial charge in [-0.05, 0) is 107 Å². The molecule has 0 spiro atoms. The lowest BCUT2D eigenvalue weighted by Crippen LogP contribution is -2.25. The summed E-state index contributed by atoms with van der Waals surface area (Å²) in [5, 5.41) is 0. The summed E-state index contributed by atoms with van der Waals surface area (Å²) in [6.45, 7) is 23.7. The first-order valence-corrected chi connectivity index (χ1v) is 12.8. The van der Waals surface area contributed by atoms with Crippen molar-refractivity contribution in [1.29, 1.82) is 0 Å². The molecule has 2 aromatic carbocycles. The van der Waals surface area contributed by atoms with Crippen LogP contribution in [0.15, 0.2) is 46.2 Å². The highest BCUT2D eigenvalue weighted by Crippen LogP contribution is 2.38. The maximum atomic E-state index is 13.9. The molecule has 0 saturated heterocycles. The van der Waals surface area contributed by atoms with E-state index in [4.69, 9.17) is 18.9 Å². The Morgan fingerprint density at radius 1 is 0.500 bits per heavy atom. The molecule has 0 heterocycles. The van der Waals surface area contributed by atoms with Gasteiger partial charge in [0.1, 0.15) is 45.4 Å². The fraction of sp³-hybridized carbons (Fsp3) is 0.571. The van der Waals surface area contributed by atoms with Crippen LogP contribution in [0.3, 0.4) is 0 Å². The largest absolute Gasteiger partial charge is 0.488 e.